The van der Waals surface area contributed by atoms with Gasteiger partial charge in [-0.3, -0.25) is 0 Å². The van der Waals surface area contributed by atoms with Crippen molar-refractivity contribution in [3.63, 3.8) is 0 Å². The van der Waals surface area contributed by atoms with Crippen molar-refractivity contribution in [3.8, 4) is 11.8 Å². The van der Waals surface area contributed by atoms with Gasteiger partial charge in [0.1, 0.15) is 5.75 Å². The first-order chi connectivity index (χ1) is 8.72. The number of nitriles is 1. The molecule has 18 heavy (non-hydrogen) atoms. The molecule has 0 aliphatic heterocycles. The number of benzene rings is 2. The molecular formula is C14H12N2O2. The van der Waals surface area contributed by atoms with E-state index in [1.807, 2.05) is 30.3 Å². The van der Waals surface area contributed by atoms with Gasteiger partial charge in [0.15, 0.2) is 0 Å². The molecule has 90 valence electrons. The summed E-state index contributed by atoms with van der Waals surface area (Å²) in [5.74, 6) is 0.468. The molecule has 1 amide bonds. The van der Waals surface area contributed by atoms with Crippen LogP contribution in [-0.4, -0.2) is 6.09 Å². The molecule has 2 rings (SSSR count). The van der Waals surface area contributed by atoms with E-state index in [9.17, 15) is 4.79 Å². The van der Waals surface area contributed by atoms with Gasteiger partial charge in [-0.25, -0.2) is 4.79 Å². The van der Waals surface area contributed by atoms with Crippen molar-refractivity contribution in [2.24, 2.45) is 5.73 Å². The maximum absolute atomic E-state index is 10.2. The van der Waals surface area contributed by atoms with Crippen LogP contribution < -0.4 is 10.5 Å². The lowest BCUT2D eigenvalue weighted by Gasteiger charge is -1.96. The predicted octanol–water partition coefficient (Wildman–Crippen LogP) is 2.70. The van der Waals surface area contributed by atoms with E-state index in [4.69, 9.17) is 11.0 Å². The summed E-state index contributed by atoms with van der Waals surface area (Å²) in [7, 11) is 0. The molecule has 0 aromatic heterocycles. The van der Waals surface area contributed by atoms with Gasteiger partial charge in [-0.15, -0.1) is 0 Å². The van der Waals surface area contributed by atoms with Gasteiger partial charge in [0.25, 0.3) is 0 Å². The molecule has 0 bridgehead atoms. The third-order valence-electron chi connectivity index (χ3n) is 1.86. The largest absolute Gasteiger partial charge is 0.411 e. The van der Waals surface area contributed by atoms with Crippen LogP contribution in [0.2, 0.25) is 0 Å². The number of hydrogen-bond donors (Lipinski definition) is 1. The summed E-state index contributed by atoms with van der Waals surface area (Å²) >= 11 is 0. The molecule has 0 unspecified atom stereocenters. The Bertz CT molecular complexity index is 518. The number of carbonyl (C=O) groups is 1. The van der Waals surface area contributed by atoms with Crippen molar-refractivity contribution in [1.82, 2.24) is 0 Å². The highest BCUT2D eigenvalue weighted by atomic mass is 16.5. The molecule has 0 heterocycles. The number of para-hydroxylation sites is 1. The molecule has 2 aromatic rings. The summed E-state index contributed by atoms with van der Waals surface area (Å²) in [4.78, 5) is 10.2. The smallest absolute Gasteiger partial charge is 0.409 e. The maximum atomic E-state index is 10.2. The first-order valence-electron chi connectivity index (χ1n) is 5.20. The van der Waals surface area contributed by atoms with Crippen molar-refractivity contribution in [3.05, 3.63) is 66.2 Å². The molecule has 0 aliphatic carbocycles. The Morgan fingerprint density at radius 2 is 1.50 bits per heavy atom. The van der Waals surface area contributed by atoms with Crippen LogP contribution in [0.3, 0.4) is 0 Å². The van der Waals surface area contributed by atoms with Crippen molar-refractivity contribution in [1.29, 1.82) is 5.26 Å². The van der Waals surface area contributed by atoms with Crippen LogP contribution in [0.5, 0.6) is 5.75 Å². The van der Waals surface area contributed by atoms with Crippen LogP contribution >= 0.6 is 0 Å². The summed E-state index contributed by atoms with van der Waals surface area (Å²) in [5, 5.41) is 8.29. The second-order valence-corrected chi connectivity index (χ2v) is 3.21. The van der Waals surface area contributed by atoms with Crippen molar-refractivity contribution < 1.29 is 9.53 Å². The third-order valence-corrected chi connectivity index (χ3v) is 1.86. The summed E-state index contributed by atoms with van der Waals surface area (Å²) in [5.41, 5.74) is 5.48. The van der Waals surface area contributed by atoms with Crippen LogP contribution in [0.4, 0.5) is 4.79 Å². The average molecular weight is 240 g/mol. The Balaban J connectivity index is 0.000000184. The van der Waals surface area contributed by atoms with E-state index in [1.165, 1.54) is 0 Å². The van der Waals surface area contributed by atoms with Gasteiger partial charge in [0, 0.05) is 0 Å². The lowest BCUT2D eigenvalue weighted by Crippen LogP contribution is -2.15. The fourth-order valence-electron chi connectivity index (χ4n) is 1.12. The number of carbonyl (C=O) groups excluding carboxylic acids is 1. The minimum atomic E-state index is -0.786. The fraction of sp³-hybridized carbons (Fsp3) is 0. The predicted molar refractivity (Wildman–Crippen MR) is 67.8 cm³/mol. The molecule has 0 aliphatic rings. The number of ether oxygens (including phenoxy) is 1. The lowest BCUT2D eigenvalue weighted by atomic mass is 10.2. The summed E-state index contributed by atoms with van der Waals surface area (Å²) in [6.07, 6.45) is -0.786. The van der Waals surface area contributed by atoms with Crippen LogP contribution in [0.15, 0.2) is 60.7 Å². The zero-order valence-electron chi connectivity index (χ0n) is 9.61. The average Bonchev–Trinajstić information content (AvgIpc) is 2.41. The minimum absolute atomic E-state index is 0.468. The highest BCUT2D eigenvalue weighted by Gasteiger charge is 1.93. The SMILES string of the molecule is N#Cc1ccccc1.NC(=O)Oc1ccccc1. The number of nitrogens with two attached hydrogens (primary N) is 1. The number of rotatable bonds is 1. The Hall–Kier alpha value is -2.80. The molecule has 0 spiro atoms. The lowest BCUT2D eigenvalue weighted by molar-refractivity contribution is 0.211. The Morgan fingerprint density at radius 1 is 1.00 bits per heavy atom. The minimum Gasteiger partial charge on any atom is -0.411 e. The molecule has 0 radical (unpaired) electrons. The van der Waals surface area contributed by atoms with Crippen LogP contribution in [0.25, 0.3) is 0 Å². The van der Waals surface area contributed by atoms with Gasteiger partial charge in [0.2, 0.25) is 0 Å². The number of primary amides is 1. The monoisotopic (exact) mass is 240 g/mol. The Morgan fingerprint density at radius 3 is 1.89 bits per heavy atom. The zero-order chi connectivity index (χ0) is 13.2. The molecular weight excluding hydrogens is 228 g/mol. The molecule has 0 saturated heterocycles. The highest BCUT2D eigenvalue weighted by Crippen LogP contribution is 2.07. The number of nitrogens with zero attached hydrogens (tertiary/aromatic N) is 1. The third kappa shape index (κ3) is 5.33. The number of amides is 1. The fourth-order valence-corrected chi connectivity index (χ4v) is 1.12. The van der Waals surface area contributed by atoms with Gasteiger partial charge in [0.05, 0.1) is 11.6 Å². The van der Waals surface area contributed by atoms with Gasteiger partial charge < -0.3 is 10.5 Å². The van der Waals surface area contributed by atoms with Crippen molar-refractivity contribution >= 4 is 6.09 Å². The summed E-state index contributed by atoms with van der Waals surface area (Å²) < 4.78 is 4.55. The first kappa shape index (κ1) is 13.3. The maximum Gasteiger partial charge on any atom is 0.409 e. The normalized spacial score (nSPS) is 8.39. The number of hydrogen-bond acceptors (Lipinski definition) is 3. The van der Waals surface area contributed by atoms with E-state index in [0.29, 0.717) is 11.3 Å². The Kier molecular flexibility index (Phi) is 5.50. The second-order valence-electron chi connectivity index (χ2n) is 3.21. The molecule has 2 N–H and O–H groups in total. The molecule has 0 saturated carbocycles. The van der Waals surface area contributed by atoms with Crippen molar-refractivity contribution in [2.75, 3.05) is 0 Å². The highest BCUT2D eigenvalue weighted by molar-refractivity contribution is 5.67. The van der Waals surface area contributed by atoms with E-state index < -0.39 is 6.09 Å². The van der Waals surface area contributed by atoms with Crippen molar-refractivity contribution in [2.45, 2.75) is 0 Å². The van der Waals surface area contributed by atoms with E-state index in [1.54, 1.807) is 36.4 Å². The summed E-state index contributed by atoms with van der Waals surface area (Å²) in [6, 6.07) is 19.8. The van der Waals surface area contributed by atoms with Crippen LogP contribution in [0.1, 0.15) is 5.56 Å². The standard InChI is InChI=1S/C7H7NO2.C7H5N/c8-7(9)10-6-4-2-1-3-5-6;8-6-7-4-2-1-3-5-7/h1-5H,(H2,8,9);1-5H. The summed E-state index contributed by atoms with van der Waals surface area (Å²) in [6.45, 7) is 0. The van der Waals surface area contributed by atoms with Crippen LogP contribution in [0, 0.1) is 11.3 Å². The van der Waals surface area contributed by atoms with E-state index >= 15 is 0 Å². The van der Waals surface area contributed by atoms with E-state index in [2.05, 4.69) is 4.74 Å². The van der Waals surface area contributed by atoms with E-state index in [-0.39, 0.29) is 0 Å². The van der Waals surface area contributed by atoms with Gasteiger partial charge in [-0.1, -0.05) is 36.4 Å². The topological polar surface area (TPSA) is 76.1 Å². The molecule has 4 heteroatoms. The van der Waals surface area contributed by atoms with Gasteiger partial charge in [-0.05, 0) is 24.3 Å². The van der Waals surface area contributed by atoms with Gasteiger partial charge in [-0.2, -0.15) is 5.26 Å². The Labute approximate surface area is 105 Å². The molecule has 4 nitrogen and oxygen atoms in total. The van der Waals surface area contributed by atoms with Gasteiger partial charge >= 0.3 is 6.09 Å². The molecule has 0 fully saturated rings. The van der Waals surface area contributed by atoms with E-state index in [0.717, 1.165) is 0 Å². The van der Waals surface area contributed by atoms with Crippen LogP contribution in [-0.2, 0) is 0 Å². The first-order valence-corrected chi connectivity index (χ1v) is 5.20. The zero-order valence-corrected chi connectivity index (χ0v) is 9.61. The molecule has 2 aromatic carbocycles. The quantitative estimate of drug-likeness (QED) is 0.832. The molecule has 0 atom stereocenters. The second kappa shape index (κ2) is 7.47.